The molecule has 2 fully saturated rings. The van der Waals surface area contributed by atoms with Crippen LogP contribution in [0.2, 0.25) is 0 Å². The van der Waals surface area contributed by atoms with Gasteiger partial charge in [0.05, 0.1) is 0 Å². The molecule has 178 valence electrons. The van der Waals surface area contributed by atoms with E-state index in [0.29, 0.717) is 12.6 Å². The molecule has 1 saturated heterocycles. The first-order valence-corrected chi connectivity index (χ1v) is 13.2. The van der Waals surface area contributed by atoms with Gasteiger partial charge in [-0.05, 0) is 57.0 Å². The van der Waals surface area contributed by atoms with Gasteiger partial charge in [0, 0.05) is 39.3 Å². The molecule has 31 heavy (non-hydrogen) atoms. The Balaban J connectivity index is 0.00000341. The third-order valence-corrected chi connectivity index (χ3v) is 7.25. The number of thioether (sulfide) groups is 1. The molecule has 0 unspecified atom stereocenters. The van der Waals surface area contributed by atoms with Gasteiger partial charge in [0.2, 0.25) is 0 Å². The second-order valence-electron chi connectivity index (χ2n) is 8.88. The molecule has 0 atom stereocenters. The summed E-state index contributed by atoms with van der Waals surface area (Å²) in [6.45, 7) is 7.20. The lowest BCUT2D eigenvalue weighted by Gasteiger charge is -2.36. The van der Waals surface area contributed by atoms with E-state index in [2.05, 4.69) is 32.0 Å². The van der Waals surface area contributed by atoms with Crippen LogP contribution in [0.1, 0.15) is 63.0 Å². The van der Waals surface area contributed by atoms with Crippen molar-refractivity contribution in [3.05, 3.63) is 11.6 Å². The van der Waals surface area contributed by atoms with Crippen molar-refractivity contribution in [2.75, 3.05) is 38.2 Å². The predicted octanol–water partition coefficient (Wildman–Crippen LogP) is 3.57. The molecule has 1 aliphatic carbocycles. The van der Waals surface area contributed by atoms with E-state index in [9.17, 15) is 0 Å². The van der Waals surface area contributed by atoms with Gasteiger partial charge in [0.1, 0.15) is 12.4 Å². The van der Waals surface area contributed by atoms with Gasteiger partial charge in [-0.15, -0.1) is 34.2 Å². The van der Waals surface area contributed by atoms with Crippen molar-refractivity contribution in [2.24, 2.45) is 18.0 Å². The first-order valence-electron chi connectivity index (χ1n) is 11.8. The Morgan fingerprint density at radius 2 is 1.87 bits per heavy atom. The SMILES string of the molecule is CSCCCNC(=NCc1nnc(C)n1C)NC1CCN(CC2CCCCC2)CC1.I. The van der Waals surface area contributed by atoms with Gasteiger partial charge in [-0.3, -0.25) is 0 Å². The molecule has 0 spiro atoms. The summed E-state index contributed by atoms with van der Waals surface area (Å²) in [6.07, 6.45) is 12.9. The van der Waals surface area contributed by atoms with E-state index < -0.39 is 0 Å². The zero-order chi connectivity index (χ0) is 21.2. The summed E-state index contributed by atoms with van der Waals surface area (Å²) in [7, 11) is 2.00. The maximum atomic E-state index is 4.82. The van der Waals surface area contributed by atoms with Gasteiger partial charge in [-0.25, -0.2) is 4.99 Å². The summed E-state index contributed by atoms with van der Waals surface area (Å²) in [5.41, 5.74) is 0. The topological polar surface area (TPSA) is 70.4 Å². The van der Waals surface area contributed by atoms with Crippen molar-refractivity contribution < 1.29 is 0 Å². The van der Waals surface area contributed by atoms with Gasteiger partial charge in [0.25, 0.3) is 0 Å². The predicted molar refractivity (Wildman–Crippen MR) is 142 cm³/mol. The number of halogens is 1. The van der Waals surface area contributed by atoms with Gasteiger partial charge in [-0.1, -0.05) is 19.3 Å². The summed E-state index contributed by atoms with van der Waals surface area (Å²) >= 11 is 1.89. The number of nitrogens with one attached hydrogen (secondary N) is 2. The highest BCUT2D eigenvalue weighted by molar-refractivity contribution is 14.0. The number of piperidine rings is 1. The van der Waals surface area contributed by atoms with Crippen LogP contribution in [0.4, 0.5) is 0 Å². The fourth-order valence-electron chi connectivity index (χ4n) is 4.50. The number of hydrogen-bond acceptors (Lipinski definition) is 5. The van der Waals surface area contributed by atoms with Gasteiger partial charge in [-0.2, -0.15) is 11.8 Å². The van der Waals surface area contributed by atoms with Crippen LogP contribution in [0.5, 0.6) is 0 Å². The van der Waals surface area contributed by atoms with Crippen LogP contribution >= 0.6 is 35.7 Å². The van der Waals surface area contributed by atoms with Crippen molar-refractivity contribution in [3.63, 3.8) is 0 Å². The zero-order valence-electron chi connectivity index (χ0n) is 19.6. The number of guanidine groups is 1. The Morgan fingerprint density at radius 1 is 1.13 bits per heavy atom. The molecule has 0 bridgehead atoms. The Morgan fingerprint density at radius 3 is 2.52 bits per heavy atom. The third kappa shape index (κ3) is 9.07. The standard InChI is InChI=1S/C22H41N7S.HI/c1-18-26-27-21(28(18)2)16-24-22(23-12-7-15-30-3)25-20-10-13-29(14-11-20)17-19-8-5-4-6-9-19;/h19-20H,4-17H2,1-3H3,(H2,23,24,25);1H. The van der Waals surface area contributed by atoms with Gasteiger partial charge < -0.3 is 20.1 Å². The minimum absolute atomic E-state index is 0. The Labute approximate surface area is 210 Å². The molecule has 1 aliphatic heterocycles. The highest BCUT2D eigenvalue weighted by Gasteiger charge is 2.23. The van der Waals surface area contributed by atoms with E-state index in [1.165, 1.54) is 70.3 Å². The quantitative estimate of drug-likeness (QED) is 0.207. The summed E-state index contributed by atoms with van der Waals surface area (Å²) in [4.78, 5) is 7.52. The largest absolute Gasteiger partial charge is 0.356 e. The molecule has 0 radical (unpaired) electrons. The van der Waals surface area contributed by atoms with E-state index >= 15 is 0 Å². The monoisotopic (exact) mass is 563 g/mol. The molecule has 1 aromatic rings. The number of aromatic nitrogens is 3. The minimum atomic E-state index is 0. The van der Waals surface area contributed by atoms with Crippen LogP contribution < -0.4 is 10.6 Å². The van der Waals surface area contributed by atoms with E-state index in [4.69, 9.17) is 4.99 Å². The summed E-state index contributed by atoms with van der Waals surface area (Å²) in [5, 5.41) is 15.6. The highest BCUT2D eigenvalue weighted by atomic mass is 127. The van der Waals surface area contributed by atoms with E-state index in [-0.39, 0.29) is 24.0 Å². The number of hydrogen-bond donors (Lipinski definition) is 2. The second-order valence-corrected chi connectivity index (χ2v) is 9.87. The first-order chi connectivity index (χ1) is 14.7. The van der Waals surface area contributed by atoms with Crippen molar-refractivity contribution in [3.8, 4) is 0 Å². The third-order valence-electron chi connectivity index (χ3n) is 6.55. The molecule has 0 aromatic carbocycles. The van der Waals surface area contributed by atoms with Gasteiger partial charge >= 0.3 is 0 Å². The lowest BCUT2D eigenvalue weighted by Crippen LogP contribution is -2.49. The van der Waals surface area contributed by atoms with E-state index in [0.717, 1.165) is 36.5 Å². The number of aliphatic imine (C=N–C) groups is 1. The molecule has 2 aliphatic rings. The first kappa shape index (κ1) is 26.7. The van der Waals surface area contributed by atoms with E-state index in [1.54, 1.807) is 0 Å². The number of aryl methyl sites for hydroxylation is 1. The maximum absolute atomic E-state index is 4.82. The molecule has 1 saturated carbocycles. The smallest absolute Gasteiger partial charge is 0.191 e. The van der Waals surface area contributed by atoms with Crippen LogP contribution in [-0.2, 0) is 13.6 Å². The van der Waals surface area contributed by atoms with Crippen molar-refractivity contribution in [1.29, 1.82) is 0 Å². The van der Waals surface area contributed by atoms with Crippen molar-refractivity contribution >= 4 is 41.7 Å². The van der Waals surface area contributed by atoms with Crippen LogP contribution in [0, 0.1) is 12.8 Å². The summed E-state index contributed by atoms with van der Waals surface area (Å²) < 4.78 is 2.01. The van der Waals surface area contributed by atoms with E-state index in [1.807, 2.05) is 30.3 Å². The second kappa shape index (κ2) is 14.6. The molecule has 3 rings (SSSR count). The highest BCUT2D eigenvalue weighted by Crippen LogP contribution is 2.25. The summed E-state index contributed by atoms with van der Waals surface area (Å²) in [6, 6.07) is 0.501. The molecule has 1 aromatic heterocycles. The molecule has 7 nitrogen and oxygen atoms in total. The number of nitrogens with zero attached hydrogens (tertiary/aromatic N) is 5. The van der Waals surface area contributed by atoms with Crippen LogP contribution in [0.3, 0.4) is 0 Å². The molecule has 2 heterocycles. The maximum Gasteiger partial charge on any atom is 0.191 e. The summed E-state index contributed by atoms with van der Waals surface area (Å²) in [5.74, 6) is 4.85. The molecular formula is C22H42IN7S. The minimum Gasteiger partial charge on any atom is -0.356 e. The van der Waals surface area contributed by atoms with Gasteiger partial charge in [0.15, 0.2) is 11.8 Å². The molecule has 2 N–H and O–H groups in total. The lowest BCUT2D eigenvalue weighted by molar-refractivity contribution is 0.160. The average Bonchev–Trinajstić information content (AvgIpc) is 3.09. The van der Waals surface area contributed by atoms with Crippen LogP contribution in [-0.4, -0.2) is 69.9 Å². The Kier molecular flexibility index (Phi) is 12.5. The zero-order valence-corrected chi connectivity index (χ0v) is 22.8. The van der Waals surface area contributed by atoms with Crippen molar-refractivity contribution in [1.82, 2.24) is 30.3 Å². The molecule has 0 amide bonds. The average molecular weight is 564 g/mol. The molecule has 9 heteroatoms. The molecular weight excluding hydrogens is 521 g/mol. The van der Waals surface area contributed by atoms with Crippen LogP contribution in [0.25, 0.3) is 0 Å². The Bertz CT molecular complexity index is 652. The normalized spacial score (nSPS) is 19.3. The fraction of sp³-hybridized carbons (Fsp3) is 0.864. The lowest BCUT2D eigenvalue weighted by atomic mass is 9.88. The van der Waals surface area contributed by atoms with Crippen molar-refractivity contribution in [2.45, 2.75) is 70.9 Å². The van der Waals surface area contributed by atoms with Crippen LogP contribution in [0.15, 0.2) is 4.99 Å². The number of rotatable bonds is 9. The Hall–Kier alpha value is -0.550. The number of likely N-dealkylation sites (tertiary alicyclic amines) is 1. The fourth-order valence-corrected chi connectivity index (χ4v) is 4.94.